The van der Waals surface area contributed by atoms with E-state index in [1.807, 2.05) is 24.3 Å². The van der Waals surface area contributed by atoms with Crippen molar-refractivity contribution >= 4 is 27.3 Å². The molecule has 3 nitrogen and oxygen atoms in total. The number of hydrogen-bond acceptors (Lipinski definition) is 4. The van der Waals surface area contributed by atoms with Crippen LogP contribution in [0.2, 0.25) is 0 Å². The summed E-state index contributed by atoms with van der Waals surface area (Å²) >= 11 is 4.96. The molecule has 0 saturated heterocycles. The zero-order chi connectivity index (χ0) is 13.7. The normalized spacial score (nSPS) is 13.7. The van der Waals surface area contributed by atoms with Crippen LogP contribution in [0.5, 0.6) is 0 Å². The zero-order valence-electron chi connectivity index (χ0n) is 10.2. The van der Waals surface area contributed by atoms with E-state index in [9.17, 15) is 10.4 Å². The molecule has 1 N–H and O–H groups in total. The molecule has 5 heteroatoms. The Morgan fingerprint density at radius 1 is 1.47 bits per heavy atom. The maximum Gasteiger partial charge on any atom is 0.0794 e. The standard InChI is InChI=1S/C14H13BrN2OS/c15-11-3-1-2-10(6-11)13(7-16)12(4-5-18)14-8-17-9-19-14/h1-3,6,8-9,12-13,18H,4-5H2/t12-,13-/m1/s1. The third kappa shape index (κ3) is 3.41. The summed E-state index contributed by atoms with van der Waals surface area (Å²) in [5.74, 6) is -0.290. The highest BCUT2D eigenvalue weighted by atomic mass is 79.9. The second-order valence-corrected chi connectivity index (χ2v) is 6.02. The number of aliphatic hydroxyl groups excluding tert-OH is 1. The Morgan fingerprint density at radius 3 is 2.89 bits per heavy atom. The van der Waals surface area contributed by atoms with Crippen molar-refractivity contribution in [1.82, 2.24) is 4.98 Å². The Labute approximate surface area is 124 Å². The first kappa shape index (κ1) is 14.2. The lowest BCUT2D eigenvalue weighted by Crippen LogP contribution is -2.10. The highest BCUT2D eigenvalue weighted by Gasteiger charge is 2.25. The molecule has 19 heavy (non-hydrogen) atoms. The number of nitrogens with zero attached hydrogens (tertiary/aromatic N) is 2. The largest absolute Gasteiger partial charge is 0.396 e. The van der Waals surface area contributed by atoms with Crippen LogP contribution in [-0.2, 0) is 0 Å². The number of benzene rings is 1. The Hall–Kier alpha value is -1.22. The third-order valence-corrected chi connectivity index (χ3v) is 4.41. The van der Waals surface area contributed by atoms with Gasteiger partial charge in [-0.2, -0.15) is 5.26 Å². The van der Waals surface area contributed by atoms with Gasteiger partial charge in [-0.3, -0.25) is 4.98 Å². The first-order chi connectivity index (χ1) is 9.26. The molecular weight excluding hydrogens is 324 g/mol. The van der Waals surface area contributed by atoms with Crippen LogP contribution in [0.25, 0.3) is 0 Å². The minimum Gasteiger partial charge on any atom is -0.396 e. The van der Waals surface area contributed by atoms with Crippen LogP contribution in [0.3, 0.4) is 0 Å². The SMILES string of the molecule is N#C[C@H](c1cccc(Br)c1)[C@@H](CCO)c1cncs1. The molecule has 0 fully saturated rings. The van der Waals surface area contributed by atoms with Crippen LogP contribution in [0.4, 0.5) is 0 Å². The van der Waals surface area contributed by atoms with E-state index in [0.29, 0.717) is 6.42 Å². The Morgan fingerprint density at radius 2 is 2.32 bits per heavy atom. The second kappa shape index (κ2) is 6.80. The van der Waals surface area contributed by atoms with Gasteiger partial charge in [-0.25, -0.2) is 0 Å². The van der Waals surface area contributed by atoms with Gasteiger partial charge in [-0.15, -0.1) is 11.3 Å². The predicted octanol–water partition coefficient (Wildman–Crippen LogP) is 3.68. The maximum atomic E-state index is 9.50. The van der Waals surface area contributed by atoms with E-state index >= 15 is 0 Å². The van der Waals surface area contributed by atoms with Crippen molar-refractivity contribution in [2.75, 3.05) is 6.61 Å². The Kier molecular flexibility index (Phi) is 5.08. The van der Waals surface area contributed by atoms with Crippen molar-refractivity contribution in [2.45, 2.75) is 18.3 Å². The molecule has 98 valence electrons. The molecule has 1 aromatic heterocycles. The summed E-state index contributed by atoms with van der Waals surface area (Å²) in [5, 5.41) is 18.8. The van der Waals surface area contributed by atoms with E-state index < -0.39 is 0 Å². The molecule has 0 aliphatic rings. The van der Waals surface area contributed by atoms with E-state index in [2.05, 4.69) is 27.0 Å². The lowest BCUT2D eigenvalue weighted by molar-refractivity contribution is 0.273. The van der Waals surface area contributed by atoms with Gasteiger partial charge in [0, 0.05) is 28.1 Å². The van der Waals surface area contributed by atoms with Crippen molar-refractivity contribution in [1.29, 1.82) is 5.26 Å². The van der Waals surface area contributed by atoms with Gasteiger partial charge >= 0.3 is 0 Å². The lowest BCUT2D eigenvalue weighted by atomic mass is 9.84. The number of hydrogen-bond donors (Lipinski definition) is 1. The monoisotopic (exact) mass is 336 g/mol. The Bertz CT molecular complexity index is 565. The molecule has 1 heterocycles. The van der Waals surface area contributed by atoms with Gasteiger partial charge in [0.2, 0.25) is 0 Å². The molecule has 0 bridgehead atoms. The molecule has 0 radical (unpaired) electrons. The van der Waals surface area contributed by atoms with Gasteiger partial charge in [0.15, 0.2) is 0 Å². The molecular formula is C14H13BrN2OS. The van der Waals surface area contributed by atoms with Gasteiger partial charge in [0.25, 0.3) is 0 Å². The fraction of sp³-hybridized carbons (Fsp3) is 0.286. The number of halogens is 1. The van der Waals surface area contributed by atoms with Crippen LogP contribution in [0.15, 0.2) is 40.4 Å². The van der Waals surface area contributed by atoms with Crippen molar-refractivity contribution in [2.24, 2.45) is 0 Å². The fourth-order valence-electron chi connectivity index (χ4n) is 2.12. The number of thiazole rings is 1. The minimum atomic E-state index is -0.273. The van der Waals surface area contributed by atoms with Crippen molar-refractivity contribution in [3.8, 4) is 6.07 Å². The number of nitriles is 1. The van der Waals surface area contributed by atoms with E-state index in [0.717, 1.165) is 14.9 Å². The molecule has 0 amide bonds. The quantitative estimate of drug-likeness (QED) is 0.905. The van der Waals surface area contributed by atoms with Crippen LogP contribution in [0.1, 0.15) is 28.7 Å². The fourth-order valence-corrected chi connectivity index (χ4v) is 3.33. The van der Waals surface area contributed by atoms with Gasteiger partial charge in [0.05, 0.1) is 17.5 Å². The number of aromatic nitrogens is 1. The first-order valence-corrected chi connectivity index (χ1v) is 7.58. The van der Waals surface area contributed by atoms with Crippen molar-refractivity contribution in [3.63, 3.8) is 0 Å². The molecule has 0 unspecified atom stereocenters. The smallest absolute Gasteiger partial charge is 0.0794 e. The van der Waals surface area contributed by atoms with Gasteiger partial charge < -0.3 is 5.11 Å². The topological polar surface area (TPSA) is 56.9 Å². The Balaban J connectivity index is 2.36. The lowest BCUT2D eigenvalue weighted by Gasteiger charge is -2.20. The molecule has 2 atom stereocenters. The summed E-state index contributed by atoms with van der Waals surface area (Å²) in [6, 6.07) is 10.1. The summed E-state index contributed by atoms with van der Waals surface area (Å²) in [7, 11) is 0. The third-order valence-electron chi connectivity index (χ3n) is 3.01. The predicted molar refractivity (Wildman–Crippen MR) is 79.1 cm³/mol. The molecule has 2 rings (SSSR count). The minimum absolute atomic E-state index is 0.0169. The zero-order valence-corrected chi connectivity index (χ0v) is 12.6. The summed E-state index contributed by atoms with van der Waals surface area (Å²) in [5.41, 5.74) is 2.72. The highest BCUT2D eigenvalue weighted by molar-refractivity contribution is 9.10. The molecule has 0 spiro atoms. The summed E-state index contributed by atoms with van der Waals surface area (Å²) in [4.78, 5) is 5.11. The average molecular weight is 337 g/mol. The number of rotatable bonds is 5. The van der Waals surface area contributed by atoms with Crippen molar-refractivity contribution in [3.05, 3.63) is 50.9 Å². The van der Waals surface area contributed by atoms with E-state index in [4.69, 9.17) is 0 Å². The summed E-state index contributed by atoms with van der Waals surface area (Å²) in [6.07, 6.45) is 2.35. The van der Waals surface area contributed by atoms with Gasteiger partial charge in [0.1, 0.15) is 0 Å². The van der Waals surface area contributed by atoms with E-state index in [-0.39, 0.29) is 18.4 Å². The average Bonchev–Trinajstić information content (AvgIpc) is 2.92. The first-order valence-electron chi connectivity index (χ1n) is 5.90. The van der Waals surface area contributed by atoms with Gasteiger partial charge in [-0.1, -0.05) is 28.1 Å². The molecule has 1 aromatic carbocycles. The maximum absolute atomic E-state index is 9.50. The van der Waals surface area contributed by atoms with Crippen molar-refractivity contribution < 1.29 is 5.11 Å². The van der Waals surface area contributed by atoms with E-state index in [1.165, 1.54) is 11.3 Å². The van der Waals surface area contributed by atoms with Gasteiger partial charge in [-0.05, 0) is 24.1 Å². The molecule has 0 aliphatic carbocycles. The number of aliphatic hydroxyl groups is 1. The van der Waals surface area contributed by atoms with E-state index in [1.54, 1.807) is 11.7 Å². The summed E-state index contributed by atoms with van der Waals surface area (Å²) < 4.78 is 0.956. The molecule has 0 aliphatic heterocycles. The highest BCUT2D eigenvalue weighted by Crippen LogP contribution is 2.37. The van der Waals surface area contributed by atoms with Crippen LogP contribution < -0.4 is 0 Å². The van der Waals surface area contributed by atoms with Crippen LogP contribution >= 0.6 is 27.3 Å². The summed E-state index contributed by atoms with van der Waals surface area (Å²) in [6.45, 7) is 0.0642. The van der Waals surface area contributed by atoms with Crippen LogP contribution in [-0.4, -0.2) is 16.7 Å². The second-order valence-electron chi connectivity index (χ2n) is 4.18. The molecule has 2 aromatic rings. The van der Waals surface area contributed by atoms with Crippen LogP contribution in [0, 0.1) is 11.3 Å². The molecule has 0 saturated carbocycles.